The number of anilines is 1. The Bertz CT molecular complexity index is 827. The maximum absolute atomic E-state index is 12.0. The van der Waals surface area contributed by atoms with Gasteiger partial charge < -0.3 is 14.4 Å². The van der Waals surface area contributed by atoms with Crippen LogP contribution in [0.2, 0.25) is 5.02 Å². The van der Waals surface area contributed by atoms with Gasteiger partial charge in [-0.3, -0.25) is 4.79 Å². The molecular formula is C15H17ClN2O5S2. The largest absolute Gasteiger partial charge is 0.495 e. The normalized spacial score (nSPS) is 26.0. The number of carbonyl (C=O) groups excluding carboxylic acids is 1. The summed E-state index contributed by atoms with van der Waals surface area (Å²) in [5.41, 5.74) is 0.673. The minimum absolute atomic E-state index is 0.0196. The molecule has 2 aliphatic heterocycles. The van der Waals surface area contributed by atoms with E-state index < -0.39 is 15.7 Å². The molecule has 0 bridgehead atoms. The average Bonchev–Trinajstić information content (AvgIpc) is 2.98. The van der Waals surface area contributed by atoms with Gasteiger partial charge in [-0.25, -0.2) is 8.42 Å². The van der Waals surface area contributed by atoms with Crippen LogP contribution in [0.25, 0.3) is 0 Å². The molecule has 2 atom stereocenters. The number of thioether (sulfide) groups is 1. The summed E-state index contributed by atoms with van der Waals surface area (Å²) < 4.78 is 34.0. The van der Waals surface area contributed by atoms with Crippen LogP contribution in [-0.2, 0) is 19.4 Å². The summed E-state index contributed by atoms with van der Waals surface area (Å²) in [6.07, 6.45) is 0. The molecule has 1 aromatic rings. The lowest BCUT2D eigenvalue weighted by Gasteiger charge is -2.25. The van der Waals surface area contributed by atoms with E-state index in [2.05, 4.69) is 4.99 Å². The number of aliphatic imine (C=N–C) groups is 1. The van der Waals surface area contributed by atoms with Crippen molar-refractivity contribution in [2.75, 3.05) is 37.2 Å². The van der Waals surface area contributed by atoms with Crippen molar-refractivity contribution in [3.8, 4) is 5.75 Å². The summed E-state index contributed by atoms with van der Waals surface area (Å²) in [6.45, 7) is -0.130. The number of carbonyl (C=O) groups is 1. The summed E-state index contributed by atoms with van der Waals surface area (Å²) in [7, 11) is -0.181. The van der Waals surface area contributed by atoms with E-state index in [0.29, 0.717) is 21.6 Å². The molecule has 0 aromatic heterocycles. The Kier molecular flexibility index (Phi) is 5.29. The highest BCUT2D eigenvalue weighted by molar-refractivity contribution is 8.16. The van der Waals surface area contributed by atoms with Crippen molar-refractivity contribution in [1.82, 2.24) is 0 Å². The number of hydrogen-bond donors (Lipinski definition) is 0. The molecule has 3 rings (SSSR count). The molecule has 2 heterocycles. The predicted molar refractivity (Wildman–Crippen MR) is 98.6 cm³/mol. The quantitative estimate of drug-likeness (QED) is 0.753. The molecular weight excluding hydrogens is 388 g/mol. The third-order valence-electron chi connectivity index (χ3n) is 3.97. The predicted octanol–water partition coefficient (Wildman–Crippen LogP) is 1.60. The highest BCUT2D eigenvalue weighted by atomic mass is 35.5. The number of fused-ring (bicyclic) bond motifs is 1. The molecule has 0 N–H and O–H groups in total. The zero-order valence-corrected chi connectivity index (χ0v) is 16.0. The van der Waals surface area contributed by atoms with E-state index in [-0.39, 0.29) is 29.4 Å². The second-order valence-corrected chi connectivity index (χ2v) is 9.48. The first kappa shape index (κ1) is 18.5. The van der Waals surface area contributed by atoms with E-state index >= 15 is 0 Å². The number of rotatable bonds is 4. The lowest BCUT2D eigenvalue weighted by atomic mass is 10.2. The first-order chi connectivity index (χ1) is 11.8. The van der Waals surface area contributed by atoms with Gasteiger partial charge >= 0.3 is 0 Å². The van der Waals surface area contributed by atoms with Crippen LogP contribution in [0.4, 0.5) is 5.69 Å². The van der Waals surface area contributed by atoms with Gasteiger partial charge in [-0.05, 0) is 18.2 Å². The molecule has 2 aliphatic rings. The Balaban J connectivity index is 2.00. The maximum atomic E-state index is 12.0. The molecule has 7 nitrogen and oxygen atoms in total. The monoisotopic (exact) mass is 404 g/mol. The van der Waals surface area contributed by atoms with Crippen LogP contribution in [0, 0.1) is 0 Å². The number of hydrogen-bond acceptors (Lipinski definition) is 6. The van der Waals surface area contributed by atoms with E-state index in [1.807, 2.05) is 0 Å². The molecule has 25 heavy (non-hydrogen) atoms. The van der Waals surface area contributed by atoms with Crippen molar-refractivity contribution in [3.63, 3.8) is 0 Å². The topological polar surface area (TPSA) is 85.3 Å². The van der Waals surface area contributed by atoms with Gasteiger partial charge in [0.05, 0.1) is 29.7 Å². The van der Waals surface area contributed by atoms with Crippen LogP contribution in [0.5, 0.6) is 5.75 Å². The smallest absolute Gasteiger partial charge is 0.274 e. The number of ether oxygens (including phenoxy) is 2. The van der Waals surface area contributed by atoms with E-state index in [9.17, 15) is 13.2 Å². The summed E-state index contributed by atoms with van der Waals surface area (Å²) in [6, 6.07) is 4.88. The number of benzene rings is 1. The van der Waals surface area contributed by atoms with Gasteiger partial charge in [-0.1, -0.05) is 23.4 Å². The highest BCUT2D eigenvalue weighted by Gasteiger charge is 2.49. The molecule has 2 saturated heterocycles. The van der Waals surface area contributed by atoms with Crippen molar-refractivity contribution < 1.29 is 22.7 Å². The second-order valence-electron chi connectivity index (χ2n) is 5.71. The van der Waals surface area contributed by atoms with Gasteiger partial charge in [0, 0.05) is 18.0 Å². The Morgan fingerprint density at radius 3 is 2.80 bits per heavy atom. The Morgan fingerprint density at radius 2 is 2.16 bits per heavy atom. The molecule has 1 aromatic carbocycles. The van der Waals surface area contributed by atoms with Crippen molar-refractivity contribution in [2.45, 2.75) is 11.3 Å². The van der Waals surface area contributed by atoms with Crippen LogP contribution in [0.1, 0.15) is 0 Å². The van der Waals surface area contributed by atoms with E-state index in [0.717, 1.165) is 0 Å². The molecule has 0 saturated carbocycles. The molecule has 0 spiro atoms. The summed E-state index contributed by atoms with van der Waals surface area (Å²) in [4.78, 5) is 17.7. The summed E-state index contributed by atoms with van der Waals surface area (Å²) >= 11 is 7.51. The van der Waals surface area contributed by atoms with Gasteiger partial charge in [0.1, 0.15) is 12.4 Å². The number of nitrogens with zero attached hydrogens (tertiary/aromatic N) is 2. The van der Waals surface area contributed by atoms with Gasteiger partial charge in [0.2, 0.25) is 0 Å². The Morgan fingerprint density at radius 1 is 1.40 bits per heavy atom. The maximum Gasteiger partial charge on any atom is 0.274 e. The number of methoxy groups -OCH3 is 2. The van der Waals surface area contributed by atoms with Crippen molar-refractivity contribution in [2.24, 2.45) is 4.99 Å². The van der Waals surface area contributed by atoms with Gasteiger partial charge in [-0.15, -0.1) is 0 Å². The Labute approximate surface area is 155 Å². The van der Waals surface area contributed by atoms with Crippen LogP contribution in [0.3, 0.4) is 0 Å². The van der Waals surface area contributed by atoms with Crippen LogP contribution >= 0.6 is 23.4 Å². The van der Waals surface area contributed by atoms with Crippen molar-refractivity contribution in [1.29, 1.82) is 0 Å². The second kappa shape index (κ2) is 7.14. The fourth-order valence-corrected chi connectivity index (χ4v) is 7.12. The molecule has 0 aliphatic carbocycles. The third kappa shape index (κ3) is 3.79. The van der Waals surface area contributed by atoms with Crippen molar-refractivity contribution in [3.05, 3.63) is 23.2 Å². The van der Waals surface area contributed by atoms with Crippen molar-refractivity contribution >= 4 is 50.0 Å². The fraction of sp³-hybridized carbons (Fsp3) is 0.467. The van der Waals surface area contributed by atoms with E-state index in [4.69, 9.17) is 21.1 Å². The number of halogens is 1. The van der Waals surface area contributed by atoms with Crippen LogP contribution < -0.4 is 9.64 Å². The molecule has 0 unspecified atom stereocenters. The summed E-state index contributed by atoms with van der Waals surface area (Å²) in [5, 5.41) is 0.699. The molecule has 10 heteroatoms. The first-order valence-corrected chi connectivity index (χ1v) is 10.5. The molecule has 1 amide bonds. The Hall–Kier alpha value is -1.29. The molecule has 2 fully saturated rings. The average molecular weight is 405 g/mol. The lowest BCUT2D eigenvalue weighted by Crippen LogP contribution is -2.37. The van der Waals surface area contributed by atoms with Gasteiger partial charge in [0.25, 0.3) is 5.91 Å². The first-order valence-electron chi connectivity index (χ1n) is 7.45. The SMILES string of the molecule is COCC(=O)N=C1S[C@@H]2CS(=O)(=O)C[C@@H]2N1c1ccc(OC)c(Cl)c1. The minimum atomic E-state index is -3.12. The number of amides is 1. The zero-order chi connectivity index (χ0) is 18.2. The van der Waals surface area contributed by atoms with Crippen LogP contribution in [-0.4, -0.2) is 63.1 Å². The van der Waals surface area contributed by atoms with Crippen LogP contribution in [0.15, 0.2) is 23.2 Å². The third-order valence-corrected chi connectivity index (χ3v) is 7.47. The number of sulfone groups is 1. The molecule has 0 radical (unpaired) electrons. The zero-order valence-electron chi connectivity index (χ0n) is 13.6. The minimum Gasteiger partial charge on any atom is -0.495 e. The molecule has 136 valence electrons. The van der Waals surface area contributed by atoms with Gasteiger partial charge in [-0.2, -0.15) is 4.99 Å². The standard InChI is InChI=1S/C15H17ClN2O5S2/c1-22-6-14(19)17-15-18(9-3-4-12(23-2)10(16)5-9)11-7-25(20,21)8-13(11)24-15/h3-5,11,13H,6-8H2,1-2H3/t11-,13+/m0/s1. The summed E-state index contributed by atoms with van der Waals surface area (Å²) in [5.74, 6) is 0.186. The highest BCUT2D eigenvalue weighted by Crippen LogP contribution is 2.42. The fourth-order valence-electron chi connectivity index (χ4n) is 2.93. The van der Waals surface area contributed by atoms with E-state index in [1.54, 1.807) is 23.1 Å². The van der Waals surface area contributed by atoms with Gasteiger partial charge in [0.15, 0.2) is 15.0 Å². The van der Waals surface area contributed by atoms with E-state index in [1.165, 1.54) is 26.0 Å². The number of amidine groups is 1. The lowest BCUT2D eigenvalue weighted by molar-refractivity contribution is -0.121.